The van der Waals surface area contributed by atoms with Crippen molar-refractivity contribution in [3.8, 4) is 0 Å². The number of carbonyl (C=O) groups is 2. The molecule has 25 heavy (non-hydrogen) atoms. The molecule has 1 aromatic carbocycles. The van der Waals surface area contributed by atoms with Crippen LogP contribution in [0.15, 0.2) is 24.3 Å². The van der Waals surface area contributed by atoms with Gasteiger partial charge in [-0.2, -0.15) is 0 Å². The predicted molar refractivity (Wildman–Crippen MR) is 92.3 cm³/mol. The van der Waals surface area contributed by atoms with Gasteiger partial charge < -0.3 is 10.6 Å². The van der Waals surface area contributed by atoms with Crippen LogP contribution in [0.2, 0.25) is 0 Å². The first kappa shape index (κ1) is 16.6. The predicted octanol–water partition coefficient (Wildman–Crippen LogP) is 2.89. The highest BCUT2D eigenvalue weighted by atomic mass is 19.1. The quantitative estimate of drug-likeness (QED) is 0.863. The lowest BCUT2D eigenvalue weighted by atomic mass is 9.49. The highest BCUT2D eigenvalue weighted by molar-refractivity contribution is 5.96. The summed E-state index contributed by atoms with van der Waals surface area (Å²) in [5, 5.41) is 5.65. The van der Waals surface area contributed by atoms with E-state index >= 15 is 0 Å². The Labute approximate surface area is 147 Å². The largest absolute Gasteiger partial charge is 0.354 e. The highest BCUT2D eigenvalue weighted by Crippen LogP contribution is 2.59. The number of nitrogens with one attached hydrogen (secondary N) is 2. The molecular weight excluding hydrogens is 319 g/mol. The van der Waals surface area contributed by atoms with Gasteiger partial charge in [0.05, 0.1) is 6.54 Å². The topological polar surface area (TPSA) is 58.2 Å². The number of halogens is 1. The molecule has 4 bridgehead atoms. The second kappa shape index (κ2) is 6.43. The van der Waals surface area contributed by atoms with E-state index < -0.39 is 0 Å². The van der Waals surface area contributed by atoms with E-state index in [1.807, 2.05) is 0 Å². The molecule has 4 aliphatic rings. The molecule has 0 unspecified atom stereocenters. The molecule has 0 spiro atoms. The zero-order valence-corrected chi connectivity index (χ0v) is 14.4. The Hall–Kier alpha value is -1.91. The van der Waals surface area contributed by atoms with Crippen molar-refractivity contribution in [3.05, 3.63) is 35.6 Å². The molecule has 0 saturated heterocycles. The maximum atomic E-state index is 12.9. The Morgan fingerprint density at radius 1 is 0.960 bits per heavy atom. The van der Waals surface area contributed by atoms with E-state index in [0.29, 0.717) is 11.0 Å². The molecule has 2 N–H and O–H groups in total. The maximum absolute atomic E-state index is 12.9. The lowest BCUT2D eigenvalue weighted by Gasteiger charge is -2.56. The van der Waals surface area contributed by atoms with Crippen molar-refractivity contribution < 1.29 is 14.0 Å². The maximum Gasteiger partial charge on any atom is 0.251 e. The molecule has 0 heterocycles. The Morgan fingerprint density at radius 3 is 2.08 bits per heavy atom. The Kier molecular flexibility index (Phi) is 4.26. The number of hydrogen-bond donors (Lipinski definition) is 2. The van der Waals surface area contributed by atoms with Crippen molar-refractivity contribution in [1.82, 2.24) is 10.6 Å². The van der Waals surface area contributed by atoms with Crippen molar-refractivity contribution >= 4 is 11.8 Å². The highest BCUT2D eigenvalue weighted by Gasteiger charge is 2.50. The Bertz CT molecular complexity index is 635. The fraction of sp³-hybridized carbons (Fsp3) is 0.600. The average molecular weight is 344 g/mol. The van der Waals surface area contributed by atoms with Gasteiger partial charge in [0.1, 0.15) is 5.82 Å². The Morgan fingerprint density at radius 2 is 1.52 bits per heavy atom. The Balaban J connectivity index is 1.26. The summed E-state index contributed by atoms with van der Waals surface area (Å²) in [5.74, 6) is 1.70. The molecule has 0 radical (unpaired) electrons. The van der Waals surface area contributed by atoms with E-state index in [9.17, 15) is 14.0 Å². The second-order valence-electron chi connectivity index (χ2n) is 8.38. The van der Waals surface area contributed by atoms with Crippen LogP contribution in [0.1, 0.15) is 48.9 Å². The summed E-state index contributed by atoms with van der Waals surface area (Å²) in [6.07, 6.45) is 7.92. The van der Waals surface area contributed by atoms with Gasteiger partial charge in [0, 0.05) is 12.1 Å². The first-order valence-corrected chi connectivity index (χ1v) is 9.32. The third kappa shape index (κ3) is 3.55. The van der Waals surface area contributed by atoms with Crippen LogP contribution in [0.4, 0.5) is 4.39 Å². The average Bonchev–Trinajstić information content (AvgIpc) is 2.57. The first-order valence-electron chi connectivity index (χ1n) is 9.32. The molecule has 0 atom stereocenters. The van der Waals surface area contributed by atoms with Crippen molar-refractivity contribution in [2.45, 2.75) is 38.5 Å². The van der Waals surface area contributed by atoms with Crippen molar-refractivity contribution in [3.63, 3.8) is 0 Å². The lowest BCUT2D eigenvalue weighted by molar-refractivity contribution is -0.122. The molecule has 5 rings (SSSR count). The van der Waals surface area contributed by atoms with Crippen LogP contribution in [0.25, 0.3) is 0 Å². The van der Waals surface area contributed by atoms with E-state index in [2.05, 4.69) is 10.6 Å². The lowest BCUT2D eigenvalue weighted by Crippen LogP contribution is -2.52. The van der Waals surface area contributed by atoms with Crippen molar-refractivity contribution in [2.24, 2.45) is 23.2 Å². The molecule has 5 heteroatoms. The molecule has 0 aliphatic heterocycles. The van der Waals surface area contributed by atoms with Crippen LogP contribution >= 0.6 is 0 Å². The summed E-state index contributed by atoms with van der Waals surface area (Å²) < 4.78 is 12.9. The van der Waals surface area contributed by atoms with Gasteiger partial charge in [0.2, 0.25) is 5.91 Å². The summed E-state index contributed by atoms with van der Waals surface area (Å²) in [5.41, 5.74) is 0.654. The first-order chi connectivity index (χ1) is 12.0. The number of benzene rings is 1. The van der Waals surface area contributed by atoms with E-state index in [0.717, 1.165) is 24.3 Å². The van der Waals surface area contributed by atoms with E-state index in [1.165, 1.54) is 62.8 Å². The van der Waals surface area contributed by atoms with Crippen LogP contribution in [-0.4, -0.2) is 24.9 Å². The monoisotopic (exact) mass is 344 g/mol. The van der Waals surface area contributed by atoms with Crippen LogP contribution in [0, 0.1) is 29.0 Å². The molecule has 134 valence electrons. The van der Waals surface area contributed by atoms with Gasteiger partial charge in [0.15, 0.2) is 0 Å². The number of rotatable bonds is 5. The summed E-state index contributed by atoms with van der Waals surface area (Å²) in [4.78, 5) is 24.1. The zero-order valence-electron chi connectivity index (χ0n) is 14.4. The van der Waals surface area contributed by atoms with E-state index in [4.69, 9.17) is 0 Å². The van der Waals surface area contributed by atoms with Gasteiger partial charge in [0.25, 0.3) is 5.91 Å². The molecule has 4 fully saturated rings. The SMILES string of the molecule is O=C(CNC(=O)c1ccc(F)cc1)NCC12CC3CC(CC(C3)C1)C2. The molecule has 4 aliphatic carbocycles. The van der Waals surface area contributed by atoms with Crippen LogP contribution in [0.5, 0.6) is 0 Å². The molecular formula is C20H25FN2O2. The normalized spacial score (nSPS) is 32.4. The van der Waals surface area contributed by atoms with E-state index in [-0.39, 0.29) is 24.2 Å². The van der Waals surface area contributed by atoms with Gasteiger partial charge in [-0.25, -0.2) is 4.39 Å². The smallest absolute Gasteiger partial charge is 0.251 e. The van der Waals surface area contributed by atoms with Crippen LogP contribution in [0.3, 0.4) is 0 Å². The van der Waals surface area contributed by atoms with Gasteiger partial charge in [-0.3, -0.25) is 9.59 Å². The molecule has 1 aromatic rings. The van der Waals surface area contributed by atoms with E-state index in [1.54, 1.807) is 0 Å². The van der Waals surface area contributed by atoms with Gasteiger partial charge >= 0.3 is 0 Å². The molecule has 2 amide bonds. The number of hydrogen-bond acceptors (Lipinski definition) is 2. The summed E-state index contributed by atoms with van der Waals surface area (Å²) in [6, 6.07) is 5.31. The molecule has 4 saturated carbocycles. The minimum Gasteiger partial charge on any atom is -0.354 e. The number of carbonyl (C=O) groups excluding carboxylic acids is 2. The number of amides is 2. The minimum atomic E-state index is -0.384. The summed E-state index contributed by atoms with van der Waals surface area (Å²) >= 11 is 0. The van der Waals surface area contributed by atoms with Crippen molar-refractivity contribution in [1.29, 1.82) is 0 Å². The fourth-order valence-electron chi connectivity index (χ4n) is 5.72. The van der Waals surface area contributed by atoms with Gasteiger partial charge in [-0.15, -0.1) is 0 Å². The van der Waals surface area contributed by atoms with Crippen LogP contribution < -0.4 is 10.6 Å². The second-order valence-corrected chi connectivity index (χ2v) is 8.38. The van der Waals surface area contributed by atoms with Crippen LogP contribution in [-0.2, 0) is 4.79 Å². The fourth-order valence-corrected chi connectivity index (χ4v) is 5.72. The third-order valence-electron chi connectivity index (χ3n) is 6.34. The third-order valence-corrected chi connectivity index (χ3v) is 6.34. The standard InChI is InChI=1S/C20H25FN2O2/c21-17-3-1-16(2-4-17)19(25)22-11-18(24)23-12-20-8-13-5-14(9-20)7-15(6-13)10-20/h1-4,13-15H,5-12H2,(H,22,25)(H,23,24). The minimum absolute atomic E-state index is 0.0391. The summed E-state index contributed by atoms with van der Waals surface area (Å²) in [6.45, 7) is 0.699. The molecule has 0 aromatic heterocycles. The summed E-state index contributed by atoms with van der Waals surface area (Å²) in [7, 11) is 0. The van der Waals surface area contributed by atoms with Crippen molar-refractivity contribution in [2.75, 3.05) is 13.1 Å². The zero-order chi connectivity index (χ0) is 17.4. The molecule has 4 nitrogen and oxygen atoms in total. The van der Waals surface area contributed by atoms with Gasteiger partial charge in [-0.05, 0) is 86.0 Å². The van der Waals surface area contributed by atoms with Gasteiger partial charge in [-0.1, -0.05) is 0 Å².